The van der Waals surface area contributed by atoms with Crippen LogP contribution in [0.15, 0.2) is 18.2 Å². The predicted molar refractivity (Wildman–Crippen MR) is 74.5 cm³/mol. The van der Waals surface area contributed by atoms with Gasteiger partial charge in [-0.2, -0.15) is 0 Å². The van der Waals surface area contributed by atoms with Crippen LogP contribution >= 0.6 is 11.3 Å². The molecular weight excluding hydrogens is 230 g/mol. The van der Waals surface area contributed by atoms with E-state index in [9.17, 15) is 0 Å². The molecule has 1 aromatic carbocycles. The van der Waals surface area contributed by atoms with Crippen molar-refractivity contribution >= 4 is 32.4 Å². The van der Waals surface area contributed by atoms with Crippen molar-refractivity contribution in [2.24, 2.45) is 5.41 Å². The maximum atomic E-state index is 5.77. The highest BCUT2D eigenvalue weighted by molar-refractivity contribution is 7.22. The molecule has 1 aliphatic rings. The Morgan fingerprint density at radius 3 is 3.00 bits per heavy atom. The summed E-state index contributed by atoms with van der Waals surface area (Å²) < 4.78 is 1.16. The van der Waals surface area contributed by atoms with Crippen LogP contribution in [-0.4, -0.2) is 11.5 Å². The molecule has 17 heavy (non-hydrogen) atoms. The summed E-state index contributed by atoms with van der Waals surface area (Å²) in [5.41, 5.74) is 8.16. The van der Waals surface area contributed by atoms with Gasteiger partial charge in [0.2, 0.25) is 0 Å². The van der Waals surface area contributed by atoms with Crippen LogP contribution < -0.4 is 11.1 Å². The van der Waals surface area contributed by atoms with E-state index in [1.807, 2.05) is 18.2 Å². The summed E-state index contributed by atoms with van der Waals surface area (Å²) in [6, 6.07) is 5.88. The summed E-state index contributed by atoms with van der Waals surface area (Å²) in [5.74, 6) is 0. The molecule has 0 aliphatic heterocycles. The van der Waals surface area contributed by atoms with Gasteiger partial charge in [-0.05, 0) is 42.9 Å². The number of nitrogen functional groups attached to an aromatic ring is 1. The van der Waals surface area contributed by atoms with Gasteiger partial charge in [-0.25, -0.2) is 4.98 Å². The first-order chi connectivity index (χ1) is 8.21. The molecule has 0 unspecified atom stereocenters. The zero-order chi connectivity index (χ0) is 11.9. The van der Waals surface area contributed by atoms with Gasteiger partial charge in [-0.3, -0.25) is 0 Å². The number of fused-ring (bicyclic) bond motifs is 1. The lowest BCUT2D eigenvalue weighted by molar-refractivity contribution is 0.521. The van der Waals surface area contributed by atoms with E-state index < -0.39 is 0 Å². The van der Waals surface area contributed by atoms with E-state index in [1.54, 1.807) is 11.3 Å². The molecule has 1 aliphatic carbocycles. The monoisotopic (exact) mass is 247 g/mol. The van der Waals surface area contributed by atoms with E-state index in [0.29, 0.717) is 5.41 Å². The lowest BCUT2D eigenvalue weighted by Crippen LogP contribution is -2.13. The highest BCUT2D eigenvalue weighted by atomic mass is 32.1. The Balaban J connectivity index is 1.77. The van der Waals surface area contributed by atoms with Crippen molar-refractivity contribution in [3.63, 3.8) is 0 Å². The number of hydrogen-bond acceptors (Lipinski definition) is 4. The second-order valence-corrected chi connectivity index (χ2v) is 5.98. The van der Waals surface area contributed by atoms with Gasteiger partial charge < -0.3 is 11.1 Å². The van der Waals surface area contributed by atoms with Gasteiger partial charge in [-0.15, -0.1) is 0 Å². The molecule has 1 saturated carbocycles. The fourth-order valence-corrected chi connectivity index (χ4v) is 3.02. The predicted octanol–water partition coefficient (Wildman–Crippen LogP) is 3.48. The van der Waals surface area contributed by atoms with Gasteiger partial charge in [0.05, 0.1) is 10.2 Å². The third-order valence-corrected chi connectivity index (χ3v) is 4.71. The summed E-state index contributed by atoms with van der Waals surface area (Å²) in [7, 11) is 0. The molecule has 0 saturated heterocycles. The summed E-state index contributed by atoms with van der Waals surface area (Å²) in [5, 5.41) is 4.49. The zero-order valence-electron chi connectivity index (χ0n) is 9.99. The summed E-state index contributed by atoms with van der Waals surface area (Å²) in [6.07, 6.45) is 3.97. The fourth-order valence-electron chi connectivity index (χ4n) is 2.11. The molecule has 2 aromatic rings. The second kappa shape index (κ2) is 3.88. The SMILES string of the molecule is CCC1(CNc2nc3ccc(N)cc3s2)CC1. The molecule has 0 atom stereocenters. The topological polar surface area (TPSA) is 50.9 Å². The summed E-state index contributed by atoms with van der Waals surface area (Å²) in [4.78, 5) is 4.57. The van der Waals surface area contributed by atoms with Crippen LogP contribution in [0.1, 0.15) is 26.2 Å². The standard InChI is InChI=1S/C13H17N3S/c1-2-13(5-6-13)8-15-12-16-10-4-3-9(14)7-11(10)17-12/h3-4,7H,2,5-6,8,14H2,1H3,(H,15,16). The number of rotatable bonds is 4. The Kier molecular flexibility index (Phi) is 2.47. The van der Waals surface area contributed by atoms with Crippen molar-refractivity contribution in [2.45, 2.75) is 26.2 Å². The Bertz CT molecular complexity index is 543. The van der Waals surface area contributed by atoms with Gasteiger partial charge in [0.25, 0.3) is 0 Å². The smallest absolute Gasteiger partial charge is 0.183 e. The molecule has 3 nitrogen and oxygen atoms in total. The third kappa shape index (κ3) is 2.09. The van der Waals surface area contributed by atoms with E-state index in [1.165, 1.54) is 19.3 Å². The minimum Gasteiger partial charge on any atom is -0.399 e. The van der Waals surface area contributed by atoms with Crippen LogP contribution in [0.5, 0.6) is 0 Å². The van der Waals surface area contributed by atoms with E-state index in [0.717, 1.165) is 27.6 Å². The Morgan fingerprint density at radius 2 is 2.29 bits per heavy atom. The van der Waals surface area contributed by atoms with Crippen LogP contribution in [0.4, 0.5) is 10.8 Å². The number of nitrogens with one attached hydrogen (secondary N) is 1. The molecule has 0 radical (unpaired) electrons. The van der Waals surface area contributed by atoms with Crippen LogP contribution in [0, 0.1) is 5.41 Å². The number of nitrogens with two attached hydrogens (primary N) is 1. The van der Waals surface area contributed by atoms with Crippen molar-refractivity contribution in [3.8, 4) is 0 Å². The number of nitrogens with zero attached hydrogens (tertiary/aromatic N) is 1. The minimum atomic E-state index is 0.552. The Labute approximate surface area is 105 Å². The maximum Gasteiger partial charge on any atom is 0.183 e. The van der Waals surface area contributed by atoms with Gasteiger partial charge in [0.15, 0.2) is 5.13 Å². The molecule has 3 N–H and O–H groups in total. The molecule has 1 fully saturated rings. The highest BCUT2D eigenvalue weighted by Gasteiger charge is 2.40. The molecule has 0 bridgehead atoms. The first-order valence-corrected chi connectivity index (χ1v) is 6.92. The Morgan fingerprint density at radius 1 is 1.47 bits per heavy atom. The minimum absolute atomic E-state index is 0.552. The second-order valence-electron chi connectivity index (χ2n) is 4.95. The first-order valence-electron chi connectivity index (χ1n) is 6.11. The molecule has 1 aromatic heterocycles. The lowest BCUT2D eigenvalue weighted by atomic mass is 10.0. The van der Waals surface area contributed by atoms with Crippen LogP contribution in [0.2, 0.25) is 0 Å². The van der Waals surface area contributed by atoms with E-state index in [2.05, 4.69) is 17.2 Å². The van der Waals surface area contributed by atoms with Crippen LogP contribution in [-0.2, 0) is 0 Å². The molecule has 0 spiro atoms. The molecule has 90 valence electrons. The van der Waals surface area contributed by atoms with Crippen LogP contribution in [0.25, 0.3) is 10.2 Å². The maximum absolute atomic E-state index is 5.77. The third-order valence-electron chi connectivity index (χ3n) is 3.73. The van der Waals surface area contributed by atoms with E-state index in [-0.39, 0.29) is 0 Å². The molecule has 4 heteroatoms. The average molecular weight is 247 g/mol. The van der Waals surface area contributed by atoms with Gasteiger partial charge >= 0.3 is 0 Å². The summed E-state index contributed by atoms with van der Waals surface area (Å²) >= 11 is 1.69. The van der Waals surface area contributed by atoms with Gasteiger partial charge in [0.1, 0.15) is 0 Å². The largest absolute Gasteiger partial charge is 0.399 e. The quantitative estimate of drug-likeness (QED) is 0.813. The average Bonchev–Trinajstić information content (AvgIpc) is 3.00. The normalized spacial score (nSPS) is 17.2. The van der Waals surface area contributed by atoms with Crippen molar-refractivity contribution in [2.75, 3.05) is 17.6 Å². The lowest BCUT2D eigenvalue weighted by Gasteiger charge is -2.11. The number of anilines is 2. The first kappa shape index (κ1) is 10.8. The van der Waals surface area contributed by atoms with Gasteiger partial charge in [-0.1, -0.05) is 18.3 Å². The van der Waals surface area contributed by atoms with Crippen molar-refractivity contribution in [1.29, 1.82) is 0 Å². The van der Waals surface area contributed by atoms with Crippen molar-refractivity contribution in [1.82, 2.24) is 4.98 Å². The number of benzene rings is 1. The van der Waals surface area contributed by atoms with E-state index >= 15 is 0 Å². The summed E-state index contributed by atoms with van der Waals surface area (Å²) in [6.45, 7) is 3.33. The van der Waals surface area contributed by atoms with Crippen LogP contribution in [0.3, 0.4) is 0 Å². The molecule has 0 amide bonds. The van der Waals surface area contributed by atoms with Gasteiger partial charge in [0, 0.05) is 12.2 Å². The molecule has 3 rings (SSSR count). The zero-order valence-corrected chi connectivity index (χ0v) is 10.8. The van der Waals surface area contributed by atoms with E-state index in [4.69, 9.17) is 5.73 Å². The molecule has 1 heterocycles. The number of thiazole rings is 1. The number of hydrogen-bond donors (Lipinski definition) is 2. The molecular formula is C13H17N3S. The van der Waals surface area contributed by atoms with Crippen molar-refractivity contribution < 1.29 is 0 Å². The van der Waals surface area contributed by atoms with Crippen molar-refractivity contribution in [3.05, 3.63) is 18.2 Å². The number of aromatic nitrogens is 1. The fraction of sp³-hybridized carbons (Fsp3) is 0.462. The Hall–Kier alpha value is -1.29. The highest BCUT2D eigenvalue weighted by Crippen LogP contribution is 2.48.